The van der Waals surface area contributed by atoms with Crippen molar-refractivity contribution in [3.8, 4) is 0 Å². The number of anilines is 1. The molecule has 98 valence electrons. The van der Waals surface area contributed by atoms with Gasteiger partial charge in [-0.15, -0.1) is 0 Å². The Kier molecular flexibility index (Phi) is 3.20. The average molecular weight is 249 g/mol. The summed E-state index contributed by atoms with van der Waals surface area (Å²) in [5.74, 6) is 0.637. The van der Waals surface area contributed by atoms with Gasteiger partial charge < -0.3 is 4.90 Å². The molecule has 0 radical (unpaired) electrons. The Bertz CT molecular complexity index is 400. The van der Waals surface area contributed by atoms with Crippen LogP contribution < -0.4 is 4.90 Å². The molecular weight excluding hydrogens is 229 g/mol. The molecule has 2 saturated heterocycles. The van der Waals surface area contributed by atoms with Gasteiger partial charge >= 0.3 is 0 Å². The van der Waals surface area contributed by atoms with Crippen LogP contribution in [0.5, 0.6) is 0 Å². The highest BCUT2D eigenvalue weighted by Crippen LogP contribution is 2.27. The normalized spacial score (nSPS) is 26.1. The van der Waals surface area contributed by atoms with E-state index in [2.05, 4.69) is 21.7 Å². The second-order valence-corrected chi connectivity index (χ2v) is 5.48. The maximum atomic E-state index is 12.8. The lowest BCUT2D eigenvalue weighted by Crippen LogP contribution is -2.62. The Balaban J connectivity index is 1.58. The molecule has 18 heavy (non-hydrogen) atoms. The first-order valence-electron chi connectivity index (χ1n) is 6.86. The molecule has 1 atom stereocenters. The van der Waals surface area contributed by atoms with Crippen LogP contribution >= 0.6 is 0 Å². The van der Waals surface area contributed by atoms with E-state index in [9.17, 15) is 4.39 Å². The zero-order valence-corrected chi connectivity index (χ0v) is 10.8. The number of likely N-dealkylation sites (tertiary alicyclic amines) is 1. The number of pyridine rings is 1. The van der Waals surface area contributed by atoms with E-state index in [0.717, 1.165) is 18.9 Å². The lowest BCUT2D eigenvalue weighted by atomic mass is 9.97. The third-order valence-corrected chi connectivity index (χ3v) is 4.22. The Labute approximate surface area is 108 Å². The quantitative estimate of drug-likeness (QED) is 0.801. The summed E-state index contributed by atoms with van der Waals surface area (Å²) in [6.45, 7) is 5.63. The first kappa shape index (κ1) is 11.9. The number of hydrogen-bond donors (Lipinski definition) is 0. The van der Waals surface area contributed by atoms with E-state index in [4.69, 9.17) is 0 Å². The molecule has 3 rings (SSSR count). The molecule has 3 heterocycles. The zero-order valence-electron chi connectivity index (χ0n) is 10.8. The second-order valence-electron chi connectivity index (χ2n) is 5.48. The van der Waals surface area contributed by atoms with Crippen molar-refractivity contribution in [3.05, 3.63) is 24.1 Å². The van der Waals surface area contributed by atoms with Gasteiger partial charge in [0.2, 0.25) is 0 Å². The van der Waals surface area contributed by atoms with Crippen molar-refractivity contribution in [2.45, 2.75) is 38.3 Å². The highest BCUT2D eigenvalue weighted by molar-refractivity contribution is 5.42. The molecule has 0 N–H and O–H groups in total. The number of rotatable bonds is 2. The molecular formula is C14H20FN3. The number of halogens is 1. The average Bonchev–Trinajstić information content (AvgIpc) is 2.32. The molecule has 1 aromatic heterocycles. The highest BCUT2D eigenvalue weighted by Gasteiger charge is 2.35. The minimum Gasteiger partial charge on any atom is -0.353 e. The van der Waals surface area contributed by atoms with Crippen LogP contribution in [0.4, 0.5) is 10.2 Å². The molecule has 2 fully saturated rings. The van der Waals surface area contributed by atoms with Gasteiger partial charge in [0.05, 0.1) is 6.20 Å². The van der Waals surface area contributed by atoms with E-state index in [0.29, 0.717) is 12.1 Å². The smallest absolute Gasteiger partial charge is 0.141 e. The zero-order chi connectivity index (χ0) is 12.5. The molecule has 0 spiro atoms. The van der Waals surface area contributed by atoms with Gasteiger partial charge in [-0.25, -0.2) is 9.37 Å². The minimum atomic E-state index is -0.263. The van der Waals surface area contributed by atoms with Crippen molar-refractivity contribution >= 4 is 5.82 Å². The van der Waals surface area contributed by atoms with Gasteiger partial charge in [0, 0.05) is 25.2 Å². The standard InChI is InChI=1S/C14H20FN3/c1-11-4-2-3-7-18(11)13-9-17(10-13)14-6-5-12(15)8-16-14/h5-6,8,11,13H,2-4,7,9-10H2,1H3/t11-/m0/s1. The van der Waals surface area contributed by atoms with Crippen molar-refractivity contribution in [2.24, 2.45) is 0 Å². The number of piperidine rings is 1. The Morgan fingerprint density at radius 2 is 2.11 bits per heavy atom. The molecule has 0 unspecified atom stereocenters. The van der Waals surface area contributed by atoms with E-state index in [1.807, 2.05) is 0 Å². The Morgan fingerprint density at radius 1 is 1.28 bits per heavy atom. The number of nitrogens with zero attached hydrogens (tertiary/aromatic N) is 3. The van der Waals surface area contributed by atoms with Crippen LogP contribution in [-0.2, 0) is 0 Å². The number of aromatic nitrogens is 1. The lowest BCUT2D eigenvalue weighted by Gasteiger charge is -2.49. The van der Waals surface area contributed by atoms with Crippen LogP contribution in [0.25, 0.3) is 0 Å². The summed E-state index contributed by atoms with van der Waals surface area (Å²) in [6.07, 6.45) is 5.32. The molecule has 2 aliphatic rings. The molecule has 1 aromatic rings. The monoisotopic (exact) mass is 249 g/mol. The lowest BCUT2D eigenvalue weighted by molar-refractivity contribution is 0.0872. The SMILES string of the molecule is C[C@H]1CCCCN1C1CN(c2ccc(F)cn2)C1. The predicted octanol–water partition coefficient (Wildman–Crippen LogP) is 2.28. The highest BCUT2D eigenvalue weighted by atomic mass is 19.1. The summed E-state index contributed by atoms with van der Waals surface area (Å²) in [6, 6.07) is 4.63. The molecule has 0 bridgehead atoms. The van der Waals surface area contributed by atoms with Crippen molar-refractivity contribution in [3.63, 3.8) is 0 Å². The summed E-state index contributed by atoms with van der Waals surface area (Å²) < 4.78 is 12.8. The van der Waals surface area contributed by atoms with Gasteiger partial charge in [0.1, 0.15) is 11.6 Å². The fraction of sp³-hybridized carbons (Fsp3) is 0.643. The van der Waals surface area contributed by atoms with Crippen LogP contribution in [0.15, 0.2) is 18.3 Å². The predicted molar refractivity (Wildman–Crippen MR) is 70.2 cm³/mol. The summed E-state index contributed by atoms with van der Waals surface area (Å²) in [5.41, 5.74) is 0. The van der Waals surface area contributed by atoms with E-state index in [1.54, 1.807) is 6.07 Å². The largest absolute Gasteiger partial charge is 0.353 e. The van der Waals surface area contributed by atoms with Gasteiger partial charge in [-0.05, 0) is 38.4 Å². The minimum absolute atomic E-state index is 0.263. The van der Waals surface area contributed by atoms with Crippen molar-refractivity contribution in [1.29, 1.82) is 0 Å². The second kappa shape index (κ2) is 4.84. The molecule has 0 aromatic carbocycles. The van der Waals surface area contributed by atoms with Crippen molar-refractivity contribution < 1.29 is 4.39 Å². The van der Waals surface area contributed by atoms with Crippen LogP contribution in [0, 0.1) is 5.82 Å². The van der Waals surface area contributed by atoms with E-state index < -0.39 is 0 Å². The molecule has 2 aliphatic heterocycles. The van der Waals surface area contributed by atoms with Crippen LogP contribution in [0.3, 0.4) is 0 Å². The van der Waals surface area contributed by atoms with E-state index in [-0.39, 0.29) is 5.82 Å². The first-order valence-corrected chi connectivity index (χ1v) is 6.86. The Morgan fingerprint density at radius 3 is 2.78 bits per heavy atom. The Hall–Kier alpha value is -1.16. The van der Waals surface area contributed by atoms with Gasteiger partial charge in [-0.2, -0.15) is 0 Å². The van der Waals surface area contributed by atoms with Gasteiger partial charge in [0.15, 0.2) is 0 Å². The summed E-state index contributed by atoms with van der Waals surface area (Å²) >= 11 is 0. The molecule has 4 heteroatoms. The van der Waals surface area contributed by atoms with Crippen LogP contribution in [-0.4, -0.2) is 41.6 Å². The fourth-order valence-corrected chi connectivity index (χ4v) is 3.07. The van der Waals surface area contributed by atoms with Crippen LogP contribution in [0.1, 0.15) is 26.2 Å². The summed E-state index contributed by atoms with van der Waals surface area (Å²) in [4.78, 5) is 8.99. The summed E-state index contributed by atoms with van der Waals surface area (Å²) in [5, 5.41) is 0. The summed E-state index contributed by atoms with van der Waals surface area (Å²) in [7, 11) is 0. The third-order valence-electron chi connectivity index (χ3n) is 4.22. The molecule has 3 nitrogen and oxygen atoms in total. The fourth-order valence-electron chi connectivity index (χ4n) is 3.07. The van der Waals surface area contributed by atoms with Gasteiger partial charge in [0.25, 0.3) is 0 Å². The first-order chi connectivity index (χ1) is 8.74. The number of hydrogen-bond acceptors (Lipinski definition) is 3. The molecule has 0 aliphatic carbocycles. The van der Waals surface area contributed by atoms with Gasteiger partial charge in [-0.3, -0.25) is 4.90 Å². The van der Waals surface area contributed by atoms with E-state index >= 15 is 0 Å². The molecule has 0 amide bonds. The van der Waals surface area contributed by atoms with Crippen LogP contribution in [0.2, 0.25) is 0 Å². The van der Waals surface area contributed by atoms with Gasteiger partial charge in [-0.1, -0.05) is 6.42 Å². The maximum Gasteiger partial charge on any atom is 0.141 e. The van der Waals surface area contributed by atoms with E-state index in [1.165, 1.54) is 38.1 Å². The topological polar surface area (TPSA) is 19.4 Å². The van der Waals surface area contributed by atoms with Crippen molar-refractivity contribution in [1.82, 2.24) is 9.88 Å². The third kappa shape index (κ3) is 2.21. The maximum absolute atomic E-state index is 12.8. The molecule has 0 saturated carbocycles. The van der Waals surface area contributed by atoms with Crippen molar-refractivity contribution in [2.75, 3.05) is 24.5 Å².